The molecule has 2 aromatic rings. The van der Waals surface area contributed by atoms with Crippen molar-refractivity contribution in [1.29, 1.82) is 0 Å². The van der Waals surface area contributed by atoms with Gasteiger partial charge in [-0.25, -0.2) is 0 Å². The zero-order chi connectivity index (χ0) is 21.5. The van der Waals surface area contributed by atoms with Crippen LogP contribution in [0.3, 0.4) is 0 Å². The molecule has 2 heterocycles. The summed E-state index contributed by atoms with van der Waals surface area (Å²) in [6, 6.07) is 16.3. The average molecular weight is 422 g/mol. The summed E-state index contributed by atoms with van der Waals surface area (Å²) in [4.78, 5) is 19.5. The number of likely N-dealkylation sites (N-methyl/N-ethyl adjacent to an activating group) is 1. The second-order valence-electron chi connectivity index (χ2n) is 7.99. The highest BCUT2D eigenvalue weighted by atomic mass is 16.7. The van der Waals surface area contributed by atoms with Crippen molar-refractivity contribution in [2.24, 2.45) is 0 Å². The van der Waals surface area contributed by atoms with E-state index in [1.807, 2.05) is 36.1 Å². The number of carbonyl (C=O) groups excluding carboxylic acids is 1. The predicted octanol–water partition coefficient (Wildman–Crippen LogP) is 3.09. The molecule has 0 saturated carbocycles. The third kappa shape index (κ3) is 5.87. The second-order valence-corrected chi connectivity index (χ2v) is 7.99. The molecule has 2 aliphatic rings. The number of fused-ring (bicyclic) bond motifs is 1. The molecule has 0 spiro atoms. The fraction of sp³-hybridized carbons (Fsp3) is 0.400. The van der Waals surface area contributed by atoms with Crippen molar-refractivity contribution in [3.05, 3.63) is 65.7 Å². The number of hydrogen-bond donors (Lipinski definition) is 0. The van der Waals surface area contributed by atoms with E-state index in [4.69, 9.17) is 9.47 Å². The Hall–Kier alpha value is -2.83. The summed E-state index contributed by atoms with van der Waals surface area (Å²) in [7, 11) is 0. The summed E-state index contributed by atoms with van der Waals surface area (Å²) in [6.45, 7) is 8.83. The molecule has 0 radical (unpaired) electrons. The van der Waals surface area contributed by atoms with Crippen molar-refractivity contribution >= 4 is 12.0 Å². The Morgan fingerprint density at radius 1 is 1.00 bits per heavy atom. The lowest BCUT2D eigenvalue weighted by molar-refractivity contribution is -0.133. The number of rotatable bonds is 8. The van der Waals surface area contributed by atoms with Gasteiger partial charge in [0.05, 0.1) is 6.54 Å². The molecule has 164 valence electrons. The van der Waals surface area contributed by atoms with Gasteiger partial charge in [-0.2, -0.15) is 0 Å². The lowest BCUT2D eigenvalue weighted by atomic mass is 10.2. The highest BCUT2D eigenvalue weighted by Crippen LogP contribution is 2.32. The molecule has 4 rings (SSSR count). The minimum Gasteiger partial charge on any atom is -0.454 e. The van der Waals surface area contributed by atoms with Crippen LogP contribution >= 0.6 is 0 Å². The van der Waals surface area contributed by atoms with E-state index < -0.39 is 0 Å². The van der Waals surface area contributed by atoms with E-state index in [0.717, 1.165) is 49.8 Å². The number of carbonyl (C=O) groups is 1. The molecule has 2 aromatic carbocycles. The summed E-state index contributed by atoms with van der Waals surface area (Å²) in [5.74, 6) is 1.71. The molecule has 0 unspecified atom stereocenters. The average Bonchev–Trinajstić information content (AvgIpc) is 3.27. The van der Waals surface area contributed by atoms with Crippen LogP contribution in [0.1, 0.15) is 18.1 Å². The maximum Gasteiger partial charge on any atom is 0.237 e. The highest BCUT2D eigenvalue weighted by Gasteiger charge is 2.21. The van der Waals surface area contributed by atoms with E-state index in [-0.39, 0.29) is 12.7 Å². The Morgan fingerprint density at radius 2 is 1.74 bits per heavy atom. The van der Waals surface area contributed by atoms with Crippen LogP contribution in [0.25, 0.3) is 6.08 Å². The Labute approximate surface area is 184 Å². The Kier molecular flexibility index (Phi) is 7.22. The third-order valence-corrected chi connectivity index (χ3v) is 5.84. The first-order chi connectivity index (χ1) is 15.2. The first-order valence-electron chi connectivity index (χ1n) is 11.0. The Bertz CT molecular complexity index is 892. The topological polar surface area (TPSA) is 45.3 Å². The van der Waals surface area contributed by atoms with Gasteiger partial charge in [-0.15, -0.1) is 0 Å². The molecule has 0 N–H and O–H groups in total. The summed E-state index contributed by atoms with van der Waals surface area (Å²) in [6.07, 6.45) is 4.39. The lowest BCUT2D eigenvalue weighted by Crippen LogP contribution is -2.49. The smallest absolute Gasteiger partial charge is 0.237 e. The standard InChI is InChI=1S/C25H31N3O3/c1-2-28(18-22-10-11-23-24(17-22)31-20-30-23)25(29)19-27-15-13-26(14-16-27)12-6-9-21-7-4-3-5-8-21/h3-11,17H,2,12-16,18-20H2,1H3/b9-6+. The van der Waals surface area contributed by atoms with Gasteiger partial charge in [0, 0.05) is 45.8 Å². The number of benzene rings is 2. The lowest BCUT2D eigenvalue weighted by Gasteiger charge is -2.34. The minimum absolute atomic E-state index is 0.178. The fourth-order valence-electron chi connectivity index (χ4n) is 3.96. The van der Waals surface area contributed by atoms with Crippen molar-refractivity contribution in [2.75, 3.05) is 52.6 Å². The zero-order valence-electron chi connectivity index (χ0n) is 18.2. The zero-order valence-corrected chi connectivity index (χ0v) is 18.2. The maximum atomic E-state index is 12.9. The van der Waals surface area contributed by atoms with Crippen LogP contribution in [-0.4, -0.2) is 73.2 Å². The summed E-state index contributed by atoms with van der Waals surface area (Å²) < 4.78 is 10.8. The SMILES string of the molecule is CCN(Cc1ccc2c(c1)OCO2)C(=O)CN1CCN(C/C=C/c2ccccc2)CC1. The van der Waals surface area contributed by atoms with Crippen molar-refractivity contribution in [3.63, 3.8) is 0 Å². The molecular weight excluding hydrogens is 390 g/mol. The van der Waals surface area contributed by atoms with Gasteiger partial charge in [0.25, 0.3) is 0 Å². The summed E-state index contributed by atoms with van der Waals surface area (Å²) in [5.41, 5.74) is 2.29. The van der Waals surface area contributed by atoms with Crippen molar-refractivity contribution < 1.29 is 14.3 Å². The number of ether oxygens (including phenoxy) is 2. The van der Waals surface area contributed by atoms with E-state index in [0.29, 0.717) is 19.6 Å². The van der Waals surface area contributed by atoms with Crippen molar-refractivity contribution in [2.45, 2.75) is 13.5 Å². The maximum absolute atomic E-state index is 12.9. The Morgan fingerprint density at radius 3 is 2.52 bits per heavy atom. The molecule has 31 heavy (non-hydrogen) atoms. The second kappa shape index (κ2) is 10.5. The Balaban J connectivity index is 1.22. The largest absolute Gasteiger partial charge is 0.454 e. The van der Waals surface area contributed by atoms with Gasteiger partial charge in [-0.1, -0.05) is 48.6 Å². The number of piperazine rings is 1. The van der Waals surface area contributed by atoms with Crippen LogP contribution in [0.15, 0.2) is 54.6 Å². The molecule has 0 bridgehead atoms. The van der Waals surface area contributed by atoms with Crippen molar-refractivity contribution in [1.82, 2.24) is 14.7 Å². The first-order valence-corrected chi connectivity index (χ1v) is 11.0. The summed E-state index contributed by atoms with van der Waals surface area (Å²) in [5, 5.41) is 0. The van der Waals surface area contributed by atoms with Crippen LogP contribution in [0, 0.1) is 0 Å². The molecule has 6 nitrogen and oxygen atoms in total. The fourth-order valence-corrected chi connectivity index (χ4v) is 3.96. The molecule has 0 aromatic heterocycles. The van der Waals surface area contributed by atoms with E-state index >= 15 is 0 Å². The molecule has 1 amide bonds. The van der Waals surface area contributed by atoms with E-state index in [2.05, 4.69) is 46.2 Å². The van der Waals surface area contributed by atoms with Crippen LogP contribution in [0.5, 0.6) is 11.5 Å². The molecule has 6 heteroatoms. The van der Waals surface area contributed by atoms with Gasteiger partial charge in [0.2, 0.25) is 12.7 Å². The van der Waals surface area contributed by atoms with Crippen molar-refractivity contribution in [3.8, 4) is 11.5 Å². The van der Waals surface area contributed by atoms with Gasteiger partial charge >= 0.3 is 0 Å². The van der Waals surface area contributed by atoms with Crippen LogP contribution in [0.4, 0.5) is 0 Å². The van der Waals surface area contributed by atoms with Gasteiger partial charge in [0.1, 0.15) is 0 Å². The molecule has 0 aliphatic carbocycles. The van der Waals surface area contributed by atoms with Gasteiger partial charge in [-0.3, -0.25) is 14.6 Å². The van der Waals surface area contributed by atoms with E-state index in [9.17, 15) is 4.79 Å². The molecule has 2 aliphatic heterocycles. The van der Waals surface area contributed by atoms with E-state index in [1.165, 1.54) is 5.56 Å². The van der Waals surface area contributed by atoms with Gasteiger partial charge < -0.3 is 14.4 Å². The number of hydrogen-bond acceptors (Lipinski definition) is 5. The number of amides is 1. The highest BCUT2D eigenvalue weighted by molar-refractivity contribution is 5.78. The molecule has 0 atom stereocenters. The quantitative estimate of drug-likeness (QED) is 0.656. The van der Waals surface area contributed by atoms with Gasteiger partial charge in [-0.05, 0) is 30.2 Å². The monoisotopic (exact) mass is 421 g/mol. The molecular formula is C25H31N3O3. The first kappa shape index (κ1) is 21.4. The van der Waals surface area contributed by atoms with Gasteiger partial charge in [0.15, 0.2) is 11.5 Å². The molecule has 1 fully saturated rings. The predicted molar refractivity (Wildman–Crippen MR) is 122 cm³/mol. The number of nitrogens with zero attached hydrogens (tertiary/aromatic N) is 3. The normalized spacial score (nSPS) is 16.7. The van der Waals surface area contributed by atoms with E-state index in [1.54, 1.807) is 0 Å². The van der Waals surface area contributed by atoms with Crippen LogP contribution in [0.2, 0.25) is 0 Å². The summed E-state index contributed by atoms with van der Waals surface area (Å²) >= 11 is 0. The van der Waals surface area contributed by atoms with Crippen LogP contribution in [-0.2, 0) is 11.3 Å². The van der Waals surface area contributed by atoms with Crippen LogP contribution < -0.4 is 9.47 Å². The minimum atomic E-state index is 0.178. The molecule has 1 saturated heterocycles. The third-order valence-electron chi connectivity index (χ3n) is 5.84.